The Bertz CT molecular complexity index is 1380. The number of allylic oxidation sites excluding steroid dienone is 1. The van der Waals surface area contributed by atoms with Crippen LogP contribution in [0.1, 0.15) is 120 Å². The van der Waals surface area contributed by atoms with Gasteiger partial charge in [0.2, 0.25) is 5.91 Å². The number of carbonyl (C=O) groups excluding carboxylic acids is 3. The van der Waals surface area contributed by atoms with Gasteiger partial charge in [0.1, 0.15) is 18.2 Å². The molecule has 1 heterocycles. The summed E-state index contributed by atoms with van der Waals surface area (Å²) < 4.78 is 18.8. The van der Waals surface area contributed by atoms with Crippen molar-refractivity contribution in [3.8, 4) is 0 Å². The second-order valence-electron chi connectivity index (χ2n) is 18.1. The maximum Gasteiger partial charge on any atom is 0.323 e. The molecular formula is C40H64N2O8. The average molecular weight is 701 g/mol. The van der Waals surface area contributed by atoms with Crippen molar-refractivity contribution in [3.05, 3.63) is 11.6 Å². The number of unbranched alkanes of at least 4 members (excludes halogenated alkanes) is 1. The zero-order chi connectivity index (χ0) is 37.0. The van der Waals surface area contributed by atoms with Gasteiger partial charge in [-0.15, -0.1) is 0 Å². The molecule has 10 heteroatoms. The third kappa shape index (κ3) is 6.12. The van der Waals surface area contributed by atoms with Gasteiger partial charge in [-0.3, -0.25) is 19.2 Å². The molecule has 5 rings (SSSR count). The van der Waals surface area contributed by atoms with Crippen LogP contribution in [0.15, 0.2) is 11.6 Å². The minimum absolute atomic E-state index is 0.0925. The van der Waals surface area contributed by atoms with E-state index >= 15 is 0 Å². The Kier molecular flexibility index (Phi) is 10.7. The highest BCUT2D eigenvalue weighted by atomic mass is 16.6. The molecule has 50 heavy (non-hydrogen) atoms. The predicted molar refractivity (Wildman–Crippen MR) is 190 cm³/mol. The van der Waals surface area contributed by atoms with Crippen molar-refractivity contribution >= 4 is 23.8 Å². The first-order chi connectivity index (χ1) is 23.3. The summed E-state index contributed by atoms with van der Waals surface area (Å²) in [4.78, 5) is 50.7. The SMILES string of the molecule is CC(=O)NCCCCC(N)C(=O)O[C@H]1[C@H](OC(C)=O)C[C@@]23COC[C@]1(C)[C@@H]2CC[C@H]1C3=CC[C@@]2(C)[C@H](C(=O)O)[C@@](C)([C@H](C)C(C)C)CC[C@]12C. The van der Waals surface area contributed by atoms with Crippen molar-refractivity contribution in [3.63, 3.8) is 0 Å². The number of fused-ring (bicyclic) bond motifs is 3. The van der Waals surface area contributed by atoms with Gasteiger partial charge in [0.25, 0.3) is 0 Å². The third-order valence-electron chi connectivity index (χ3n) is 15.2. The van der Waals surface area contributed by atoms with Gasteiger partial charge in [-0.05, 0) is 97.7 Å². The number of rotatable bonds is 11. The number of nitrogens with two attached hydrogens (primary N) is 1. The largest absolute Gasteiger partial charge is 0.481 e. The molecule has 1 saturated heterocycles. The van der Waals surface area contributed by atoms with Crippen molar-refractivity contribution in [2.75, 3.05) is 19.8 Å². The molecule has 1 unspecified atom stereocenters. The number of nitrogens with one attached hydrogen (secondary N) is 1. The molecule has 2 bridgehead atoms. The van der Waals surface area contributed by atoms with Crippen LogP contribution in [0.2, 0.25) is 0 Å². The molecule has 0 aromatic heterocycles. The van der Waals surface area contributed by atoms with Gasteiger partial charge >= 0.3 is 17.9 Å². The van der Waals surface area contributed by atoms with Crippen molar-refractivity contribution in [2.24, 2.45) is 62.4 Å². The smallest absolute Gasteiger partial charge is 0.323 e. The number of carboxylic acids is 1. The van der Waals surface area contributed by atoms with Gasteiger partial charge in [0, 0.05) is 31.2 Å². The molecule has 0 aromatic rings. The van der Waals surface area contributed by atoms with Crippen LogP contribution in [-0.4, -0.2) is 66.9 Å². The molecule has 4 fully saturated rings. The summed E-state index contributed by atoms with van der Waals surface area (Å²) in [5.74, 6) is -1.25. The van der Waals surface area contributed by atoms with Crippen LogP contribution in [0, 0.1) is 56.7 Å². The molecule has 4 aliphatic carbocycles. The Hall–Kier alpha value is -2.46. The number of aliphatic carboxylic acids is 1. The molecule has 0 radical (unpaired) electrons. The van der Waals surface area contributed by atoms with Gasteiger partial charge in [0.15, 0.2) is 0 Å². The lowest BCUT2D eigenvalue weighted by molar-refractivity contribution is -0.263. The Balaban J connectivity index is 1.47. The number of amides is 1. The molecule has 282 valence electrons. The molecule has 10 nitrogen and oxygen atoms in total. The highest BCUT2D eigenvalue weighted by molar-refractivity contribution is 5.76. The third-order valence-corrected chi connectivity index (χ3v) is 15.2. The van der Waals surface area contributed by atoms with Crippen LogP contribution >= 0.6 is 0 Å². The summed E-state index contributed by atoms with van der Waals surface area (Å²) in [6.07, 6.45) is 7.56. The summed E-state index contributed by atoms with van der Waals surface area (Å²) in [6, 6.07) is -0.836. The first-order valence-corrected chi connectivity index (χ1v) is 19.2. The van der Waals surface area contributed by atoms with E-state index in [-0.39, 0.29) is 34.5 Å². The van der Waals surface area contributed by atoms with Crippen LogP contribution in [0.25, 0.3) is 0 Å². The zero-order valence-corrected chi connectivity index (χ0v) is 32.1. The molecule has 3 saturated carbocycles. The van der Waals surface area contributed by atoms with Crippen molar-refractivity contribution in [2.45, 2.75) is 138 Å². The maximum absolute atomic E-state index is 13.5. The summed E-state index contributed by atoms with van der Waals surface area (Å²) in [5.41, 5.74) is 5.63. The van der Waals surface area contributed by atoms with Gasteiger partial charge < -0.3 is 30.4 Å². The monoisotopic (exact) mass is 700 g/mol. The number of hydrogen-bond acceptors (Lipinski definition) is 8. The molecular weight excluding hydrogens is 636 g/mol. The average Bonchev–Trinajstić information content (AvgIpc) is 3.02. The second-order valence-corrected chi connectivity index (χ2v) is 18.1. The number of carboxylic acid groups (broad SMARTS) is 1. The van der Waals surface area contributed by atoms with Crippen LogP contribution < -0.4 is 11.1 Å². The Morgan fingerprint density at radius 1 is 1.00 bits per heavy atom. The normalized spacial score (nSPS) is 41.7. The number of carbonyl (C=O) groups is 4. The quantitative estimate of drug-likeness (QED) is 0.133. The lowest BCUT2D eigenvalue weighted by atomic mass is 9.34. The van der Waals surface area contributed by atoms with Crippen LogP contribution in [0.3, 0.4) is 0 Å². The molecule has 5 aliphatic rings. The fourth-order valence-electron chi connectivity index (χ4n) is 12.2. The minimum atomic E-state index is -0.836. The molecule has 1 amide bonds. The van der Waals surface area contributed by atoms with Crippen molar-refractivity contribution in [1.82, 2.24) is 5.32 Å². The highest BCUT2D eigenvalue weighted by Gasteiger charge is 2.72. The van der Waals surface area contributed by atoms with E-state index in [4.69, 9.17) is 19.9 Å². The Labute approximate surface area is 299 Å². The number of ether oxygens (including phenoxy) is 3. The Morgan fingerprint density at radius 3 is 2.32 bits per heavy atom. The first-order valence-electron chi connectivity index (χ1n) is 19.2. The van der Waals surface area contributed by atoms with E-state index in [1.165, 1.54) is 19.4 Å². The molecule has 0 spiro atoms. The lowest BCUT2D eigenvalue weighted by Gasteiger charge is -2.71. The fraction of sp³-hybridized carbons (Fsp3) is 0.850. The van der Waals surface area contributed by atoms with E-state index in [0.29, 0.717) is 57.8 Å². The van der Waals surface area contributed by atoms with Crippen LogP contribution in [0.5, 0.6) is 0 Å². The minimum Gasteiger partial charge on any atom is -0.481 e. The van der Waals surface area contributed by atoms with Gasteiger partial charge in [-0.2, -0.15) is 0 Å². The highest BCUT2D eigenvalue weighted by Crippen LogP contribution is 2.75. The summed E-state index contributed by atoms with van der Waals surface area (Å²) in [5, 5.41) is 13.7. The van der Waals surface area contributed by atoms with E-state index in [2.05, 4.69) is 59.9 Å². The van der Waals surface area contributed by atoms with E-state index in [9.17, 15) is 24.3 Å². The van der Waals surface area contributed by atoms with Crippen LogP contribution in [0.4, 0.5) is 0 Å². The molecule has 12 atom stereocenters. The second kappa shape index (κ2) is 13.8. The van der Waals surface area contributed by atoms with Gasteiger partial charge in [-0.25, -0.2) is 0 Å². The molecule has 0 aromatic carbocycles. The molecule has 1 aliphatic heterocycles. The number of esters is 2. The summed E-state index contributed by atoms with van der Waals surface area (Å²) in [6.45, 7) is 19.9. The summed E-state index contributed by atoms with van der Waals surface area (Å²) in [7, 11) is 0. The fourth-order valence-corrected chi connectivity index (χ4v) is 12.2. The van der Waals surface area contributed by atoms with E-state index in [0.717, 1.165) is 25.7 Å². The zero-order valence-electron chi connectivity index (χ0n) is 32.1. The van der Waals surface area contributed by atoms with Crippen LogP contribution in [-0.2, 0) is 33.4 Å². The van der Waals surface area contributed by atoms with Crippen molar-refractivity contribution < 1.29 is 38.5 Å². The lowest BCUT2D eigenvalue weighted by Crippen LogP contribution is -2.70. The van der Waals surface area contributed by atoms with Crippen molar-refractivity contribution in [1.29, 1.82) is 0 Å². The van der Waals surface area contributed by atoms with Gasteiger partial charge in [-0.1, -0.05) is 60.1 Å². The summed E-state index contributed by atoms with van der Waals surface area (Å²) >= 11 is 0. The number of hydrogen-bond donors (Lipinski definition) is 3. The van der Waals surface area contributed by atoms with Gasteiger partial charge in [0.05, 0.1) is 19.1 Å². The van der Waals surface area contributed by atoms with E-state index < -0.39 is 58.3 Å². The maximum atomic E-state index is 13.5. The molecule has 4 N–H and O–H groups in total. The van der Waals surface area contributed by atoms with E-state index in [1.807, 2.05) is 0 Å². The standard InChI is InChI=1S/C40H64N2O8/c1-23(2)24(3)36(6)17-18-38(8)27-13-14-31-37(7)21-48-22-40(31,28(27)15-16-39(38,9)32(36)34(45)46)20-30(49-26(5)44)33(37)50-35(47)29(41)12-10-11-19-42-25(4)43/h15,23-24,27,29-33H,10-14,16-22,41H2,1-9H3,(H,42,43)(H,45,46)/t24-,27+,29?,30-,31+,32-,33+,36-,37-,38-,39+,40+/m1/s1. The predicted octanol–water partition coefficient (Wildman–Crippen LogP) is 6.05. The first kappa shape index (κ1) is 38.8. The topological polar surface area (TPSA) is 154 Å². The Morgan fingerprint density at radius 2 is 1.70 bits per heavy atom. The van der Waals surface area contributed by atoms with E-state index in [1.54, 1.807) is 0 Å².